The van der Waals surface area contributed by atoms with Gasteiger partial charge in [-0.3, -0.25) is 9.98 Å². The number of hydrogen-bond donors (Lipinski definition) is 0. The van der Waals surface area contributed by atoms with Crippen LogP contribution in [0.25, 0.3) is 0 Å². The number of alkyl halides is 6. The zero-order chi connectivity index (χ0) is 19.5. The van der Waals surface area contributed by atoms with Crippen LogP contribution in [0.1, 0.15) is 25.0 Å². The van der Waals surface area contributed by atoms with Gasteiger partial charge in [0, 0.05) is 0 Å². The molecule has 0 radical (unpaired) electrons. The molecule has 138 valence electrons. The van der Waals surface area contributed by atoms with Gasteiger partial charge in [0.05, 0.1) is 33.9 Å². The Morgan fingerprint density at radius 1 is 0.615 bits per heavy atom. The summed E-state index contributed by atoms with van der Waals surface area (Å²) in [6, 6.07) is 9.40. The summed E-state index contributed by atoms with van der Waals surface area (Å²) < 4.78 is 78.0. The van der Waals surface area contributed by atoms with Crippen LogP contribution in [0.2, 0.25) is 0 Å². The topological polar surface area (TPSA) is 24.7 Å². The van der Waals surface area contributed by atoms with Gasteiger partial charge in [-0.2, -0.15) is 26.3 Å². The highest BCUT2D eigenvalue weighted by Crippen LogP contribution is 2.37. The largest absolute Gasteiger partial charge is 0.418 e. The average molecular weight is 372 g/mol. The summed E-state index contributed by atoms with van der Waals surface area (Å²) in [5.74, 6) is 0. The van der Waals surface area contributed by atoms with Crippen molar-refractivity contribution in [3.63, 3.8) is 0 Å². The molecule has 0 fully saturated rings. The Hall–Kier alpha value is -2.64. The van der Waals surface area contributed by atoms with Crippen molar-refractivity contribution in [2.75, 3.05) is 0 Å². The summed E-state index contributed by atoms with van der Waals surface area (Å²) in [6.45, 7) is 2.78. The number of hydrogen-bond acceptors (Lipinski definition) is 2. The van der Waals surface area contributed by atoms with Crippen molar-refractivity contribution in [3.05, 3.63) is 59.7 Å². The minimum absolute atomic E-state index is 0.0821. The lowest BCUT2D eigenvalue weighted by Gasteiger charge is -2.11. The van der Waals surface area contributed by atoms with E-state index in [4.69, 9.17) is 0 Å². The predicted molar refractivity (Wildman–Crippen MR) is 88.4 cm³/mol. The summed E-state index contributed by atoms with van der Waals surface area (Å²) in [6.07, 6.45) is -9.18. The van der Waals surface area contributed by atoms with Crippen molar-refractivity contribution < 1.29 is 26.3 Å². The molecule has 0 N–H and O–H groups in total. The quantitative estimate of drug-likeness (QED) is 0.428. The molecular formula is C18H14F6N2. The molecule has 0 saturated carbocycles. The number of rotatable bonds is 3. The van der Waals surface area contributed by atoms with Crippen LogP contribution in [0.3, 0.4) is 0 Å². The lowest BCUT2D eigenvalue weighted by molar-refractivity contribution is -0.137. The van der Waals surface area contributed by atoms with Crippen molar-refractivity contribution >= 4 is 22.8 Å². The van der Waals surface area contributed by atoms with Crippen LogP contribution in [0.4, 0.5) is 37.7 Å². The van der Waals surface area contributed by atoms with Crippen LogP contribution in [-0.4, -0.2) is 11.4 Å². The maximum atomic E-state index is 13.0. The molecule has 0 aromatic heterocycles. The third-order valence-corrected chi connectivity index (χ3v) is 3.52. The number of nitrogens with zero attached hydrogens (tertiary/aromatic N) is 2. The first-order valence-corrected chi connectivity index (χ1v) is 7.43. The van der Waals surface area contributed by atoms with Gasteiger partial charge in [0.1, 0.15) is 0 Å². The van der Waals surface area contributed by atoms with Crippen molar-refractivity contribution in [1.82, 2.24) is 0 Å². The monoisotopic (exact) mass is 372 g/mol. The molecule has 0 bridgehead atoms. The summed E-state index contributed by atoms with van der Waals surface area (Å²) in [5.41, 5.74) is -2.34. The van der Waals surface area contributed by atoms with Gasteiger partial charge in [-0.05, 0) is 38.1 Å². The number of aliphatic imine (C=N–C) groups is 2. The molecule has 0 aliphatic heterocycles. The molecular weight excluding hydrogens is 358 g/mol. The second-order valence-electron chi connectivity index (χ2n) is 5.42. The SMILES string of the molecule is CC(=Nc1ccccc1C(F)(F)F)C(C)=Nc1ccccc1C(F)(F)F. The van der Waals surface area contributed by atoms with E-state index in [-0.39, 0.29) is 22.8 Å². The Morgan fingerprint density at radius 3 is 1.23 bits per heavy atom. The zero-order valence-corrected chi connectivity index (χ0v) is 13.8. The van der Waals surface area contributed by atoms with Crippen molar-refractivity contribution in [1.29, 1.82) is 0 Å². The first kappa shape index (κ1) is 19.7. The van der Waals surface area contributed by atoms with Gasteiger partial charge >= 0.3 is 12.4 Å². The van der Waals surface area contributed by atoms with E-state index in [1.54, 1.807) is 0 Å². The molecule has 2 nitrogen and oxygen atoms in total. The fraction of sp³-hybridized carbons (Fsp3) is 0.222. The molecule has 0 aliphatic rings. The Balaban J connectivity index is 2.45. The van der Waals surface area contributed by atoms with E-state index in [0.29, 0.717) is 0 Å². The first-order chi connectivity index (χ1) is 12.0. The van der Waals surface area contributed by atoms with Gasteiger partial charge in [-0.1, -0.05) is 24.3 Å². The van der Waals surface area contributed by atoms with E-state index in [9.17, 15) is 26.3 Å². The highest BCUT2D eigenvalue weighted by atomic mass is 19.4. The average Bonchev–Trinajstić information content (AvgIpc) is 2.53. The minimum atomic E-state index is -4.59. The molecule has 0 amide bonds. The highest BCUT2D eigenvalue weighted by molar-refractivity contribution is 6.41. The van der Waals surface area contributed by atoms with Gasteiger partial charge in [0.25, 0.3) is 0 Å². The van der Waals surface area contributed by atoms with Crippen molar-refractivity contribution in [2.24, 2.45) is 9.98 Å². The second-order valence-corrected chi connectivity index (χ2v) is 5.42. The van der Waals surface area contributed by atoms with E-state index in [0.717, 1.165) is 12.1 Å². The van der Waals surface area contributed by atoms with Crippen LogP contribution in [0.15, 0.2) is 58.5 Å². The third-order valence-electron chi connectivity index (χ3n) is 3.52. The molecule has 26 heavy (non-hydrogen) atoms. The Kier molecular flexibility index (Phi) is 5.53. The Morgan fingerprint density at radius 2 is 0.923 bits per heavy atom. The number of halogens is 6. The van der Waals surface area contributed by atoms with Gasteiger partial charge in [-0.15, -0.1) is 0 Å². The van der Waals surface area contributed by atoms with E-state index in [1.807, 2.05) is 0 Å². The van der Waals surface area contributed by atoms with E-state index in [1.165, 1.54) is 50.2 Å². The number of benzene rings is 2. The molecule has 0 spiro atoms. The molecule has 0 aliphatic carbocycles. The lowest BCUT2D eigenvalue weighted by atomic mass is 10.1. The van der Waals surface area contributed by atoms with Crippen LogP contribution < -0.4 is 0 Å². The third kappa shape index (κ3) is 4.71. The van der Waals surface area contributed by atoms with Crippen LogP contribution >= 0.6 is 0 Å². The van der Waals surface area contributed by atoms with E-state index < -0.39 is 23.5 Å². The molecule has 0 heterocycles. The Labute approximate surface area is 145 Å². The van der Waals surface area contributed by atoms with E-state index in [2.05, 4.69) is 9.98 Å². The molecule has 8 heteroatoms. The number of para-hydroxylation sites is 2. The maximum Gasteiger partial charge on any atom is 0.418 e. The minimum Gasteiger partial charge on any atom is -0.251 e. The fourth-order valence-corrected chi connectivity index (χ4v) is 2.14. The van der Waals surface area contributed by atoms with E-state index >= 15 is 0 Å². The van der Waals surface area contributed by atoms with Gasteiger partial charge < -0.3 is 0 Å². The van der Waals surface area contributed by atoms with Gasteiger partial charge in [-0.25, -0.2) is 0 Å². The molecule has 2 rings (SSSR count). The summed E-state index contributed by atoms with van der Waals surface area (Å²) >= 11 is 0. The van der Waals surface area contributed by atoms with Crippen LogP contribution in [0.5, 0.6) is 0 Å². The lowest BCUT2D eigenvalue weighted by Crippen LogP contribution is -2.09. The Bertz CT molecular complexity index is 776. The van der Waals surface area contributed by atoms with Crippen molar-refractivity contribution in [2.45, 2.75) is 26.2 Å². The predicted octanol–water partition coefficient (Wildman–Crippen LogP) is 6.61. The van der Waals surface area contributed by atoms with Crippen LogP contribution in [-0.2, 0) is 12.4 Å². The first-order valence-electron chi connectivity index (χ1n) is 7.43. The standard InChI is InChI=1S/C18H14F6N2/c1-11(25-15-9-5-3-7-13(15)17(19,20)21)12(2)26-16-10-6-4-8-14(16)18(22,23)24/h3-10H,1-2H3. The molecule has 0 saturated heterocycles. The fourth-order valence-electron chi connectivity index (χ4n) is 2.14. The zero-order valence-electron chi connectivity index (χ0n) is 13.8. The van der Waals surface area contributed by atoms with Crippen molar-refractivity contribution in [3.8, 4) is 0 Å². The van der Waals surface area contributed by atoms with Crippen LogP contribution in [0, 0.1) is 0 Å². The second kappa shape index (κ2) is 7.31. The summed E-state index contributed by atoms with van der Waals surface area (Å²) in [4.78, 5) is 7.80. The van der Waals surface area contributed by atoms with Gasteiger partial charge in [0.15, 0.2) is 0 Å². The smallest absolute Gasteiger partial charge is 0.251 e. The molecule has 2 aromatic rings. The summed E-state index contributed by atoms with van der Waals surface area (Å²) in [5, 5.41) is 0. The van der Waals surface area contributed by atoms with Gasteiger partial charge in [0.2, 0.25) is 0 Å². The molecule has 0 atom stereocenters. The summed E-state index contributed by atoms with van der Waals surface area (Å²) in [7, 11) is 0. The highest BCUT2D eigenvalue weighted by Gasteiger charge is 2.34. The normalized spacial score (nSPS) is 13.8. The molecule has 0 unspecified atom stereocenters. The maximum absolute atomic E-state index is 13.0. The molecule has 2 aromatic carbocycles.